The summed E-state index contributed by atoms with van der Waals surface area (Å²) in [7, 11) is 0. The summed E-state index contributed by atoms with van der Waals surface area (Å²) in [6.45, 7) is 2.01. The smallest absolute Gasteiger partial charge is 0.410 e. The number of carbonyl (C=O) groups excluding carboxylic acids is 1. The Kier molecular flexibility index (Phi) is 4.97. The molecule has 0 aromatic carbocycles. The number of nitrogens with zero attached hydrogens (tertiary/aromatic N) is 1. The maximum absolute atomic E-state index is 10.6. The fourth-order valence-corrected chi connectivity index (χ4v) is 0.503. The normalized spacial score (nSPS) is 10.9. The zero-order valence-electron chi connectivity index (χ0n) is 5.81. The molecule has 65 valence electrons. The highest BCUT2D eigenvalue weighted by Gasteiger charge is 2.27. The van der Waals surface area contributed by atoms with Gasteiger partial charge in [-0.25, -0.2) is 10.1 Å². The Balaban J connectivity index is 3.74. The van der Waals surface area contributed by atoms with Crippen molar-refractivity contribution in [2.24, 2.45) is 0 Å². The van der Waals surface area contributed by atoms with Gasteiger partial charge in [0.05, 0.1) is 5.88 Å². The van der Waals surface area contributed by atoms with Gasteiger partial charge in [-0.2, -0.15) is 0 Å². The van der Waals surface area contributed by atoms with Gasteiger partial charge in [-0.3, -0.25) is 0 Å². The molecule has 0 aromatic heterocycles. The van der Waals surface area contributed by atoms with Gasteiger partial charge >= 0.3 is 6.09 Å². The number of halogens is 3. The summed E-state index contributed by atoms with van der Waals surface area (Å²) < 4.78 is 2.75. The summed E-state index contributed by atoms with van der Waals surface area (Å²) in [5, 5.41) is 3.37. The number of amides is 1. The lowest BCUT2D eigenvalue weighted by atomic mass is 10.7. The van der Waals surface area contributed by atoms with Crippen LogP contribution in [0.4, 0.5) is 4.79 Å². The van der Waals surface area contributed by atoms with Crippen LogP contribution in [-0.2, 0) is 4.74 Å². The molecule has 0 aliphatic carbocycles. The van der Waals surface area contributed by atoms with Crippen LogP contribution in [0.15, 0.2) is 0 Å². The molecule has 0 aromatic rings. The van der Waals surface area contributed by atoms with Crippen LogP contribution in [0.3, 0.4) is 0 Å². The lowest BCUT2D eigenvalue weighted by Gasteiger charge is -2.15. The Morgan fingerprint density at radius 3 is 2.55 bits per heavy atom. The van der Waals surface area contributed by atoms with Gasteiger partial charge in [-0.1, -0.05) is 23.2 Å². The SMILES string of the molecule is CC[N]C(=O)OC(Cl)(Cl)CCl. The third kappa shape index (κ3) is 5.41. The van der Waals surface area contributed by atoms with Crippen LogP contribution in [0.5, 0.6) is 0 Å². The molecule has 0 spiro atoms. The van der Waals surface area contributed by atoms with Crippen molar-refractivity contribution in [3.05, 3.63) is 0 Å². The van der Waals surface area contributed by atoms with Crippen molar-refractivity contribution in [3.63, 3.8) is 0 Å². The first-order valence-corrected chi connectivity index (χ1v) is 4.15. The third-order valence-electron chi connectivity index (χ3n) is 0.679. The second-order valence-electron chi connectivity index (χ2n) is 1.61. The maximum Gasteiger partial charge on any atom is 0.431 e. The summed E-state index contributed by atoms with van der Waals surface area (Å²) in [6.07, 6.45) is -0.807. The number of hydrogen-bond donors (Lipinski definition) is 0. The Bertz CT molecular complexity index is 140. The summed E-state index contributed by atoms with van der Waals surface area (Å²) in [5.74, 6) is -0.193. The molecule has 6 heteroatoms. The number of alkyl halides is 3. The molecular formula is C5H7Cl3NO2. The summed E-state index contributed by atoms with van der Waals surface area (Å²) >= 11 is 16.0. The minimum atomic E-state index is -1.67. The first-order valence-electron chi connectivity index (χ1n) is 2.86. The lowest BCUT2D eigenvalue weighted by Crippen LogP contribution is -2.28. The molecule has 0 aliphatic rings. The van der Waals surface area contributed by atoms with Gasteiger partial charge in [0, 0.05) is 6.54 Å². The average Bonchev–Trinajstić information content (AvgIpc) is 1.87. The van der Waals surface area contributed by atoms with Crippen molar-refractivity contribution in [1.29, 1.82) is 0 Å². The van der Waals surface area contributed by atoms with E-state index in [9.17, 15) is 4.79 Å². The topological polar surface area (TPSA) is 40.4 Å². The van der Waals surface area contributed by atoms with E-state index in [-0.39, 0.29) is 5.88 Å². The Morgan fingerprint density at radius 1 is 1.64 bits per heavy atom. The van der Waals surface area contributed by atoms with Crippen LogP contribution in [-0.4, -0.2) is 23.0 Å². The Morgan fingerprint density at radius 2 is 2.18 bits per heavy atom. The molecule has 1 amide bonds. The van der Waals surface area contributed by atoms with Gasteiger partial charge in [0.1, 0.15) is 0 Å². The van der Waals surface area contributed by atoms with E-state index >= 15 is 0 Å². The van der Waals surface area contributed by atoms with E-state index in [2.05, 4.69) is 10.1 Å². The maximum atomic E-state index is 10.6. The van der Waals surface area contributed by atoms with E-state index in [0.717, 1.165) is 0 Å². The van der Waals surface area contributed by atoms with E-state index in [1.54, 1.807) is 6.92 Å². The highest BCUT2D eigenvalue weighted by atomic mass is 35.5. The van der Waals surface area contributed by atoms with E-state index in [0.29, 0.717) is 6.54 Å². The number of carbonyl (C=O) groups is 1. The molecule has 0 heterocycles. The highest BCUT2D eigenvalue weighted by molar-refractivity contribution is 6.50. The Labute approximate surface area is 79.9 Å². The molecule has 11 heavy (non-hydrogen) atoms. The van der Waals surface area contributed by atoms with Crippen LogP contribution in [0, 0.1) is 0 Å². The fourth-order valence-electron chi connectivity index (χ4n) is 0.316. The zero-order valence-corrected chi connectivity index (χ0v) is 8.08. The summed E-state index contributed by atoms with van der Waals surface area (Å²) in [4.78, 5) is 10.6. The first-order chi connectivity index (χ1) is 5.02. The average molecular weight is 219 g/mol. The van der Waals surface area contributed by atoms with Crippen molar-refractivity contribution in [2.75, 3.05) is 12.4 Å². The molecule has 0 N–H and O–H groups in total. The molecule has 0 rings (SSSR count). The third-order valence-corrected chi connectivity index (χ3v) is 1.75. The predicted octanol–water partition coefficient (Wildman–Crippen LogP) is 2.12. The van der Waals surface area contributed by atoms with Gasteiger partial charge in [0.25, 0.3) is 4.52 Å². The predicted molar refractivity (Wildman–Crippen MR) is 44.3 cm³/mol. The van der Waals surface area contributed by atoms with Gasteiger partial charge in [0.15, 0.2) is 0 Å². The van der Waals surface area contributed by atoms with Crippen LogP contribution < -0.4 is 5.32 Å². The van der Waals surface area contributed by atoms with Gasteiger partial charge in [-0.15, -0.1) is 11.6 Å². The van der Waals surface area contributed by atoms with Gasteiger partial charge in [0.2, 0.25) is 0 Å². The van der Waals surface area contributed by atoms with Crippen molar-refractivity contribution in [2.45, 2.75) is 11.4 Å². The highest BCUT2D eigenvalue weighted by Crippen LogP contribution is 2.23. The van der Waals surface area contributed by atoms with Crippen LogP contribution >= 0.6 is 34.8 Å². The molecule has 0 atom stereocenters. The molecule has 0 bridgehead atoms. The van der Waals surface area contributed by atoms with Crippen molar-refractivity contribution in [1.82, 2.24) is 5.32 Å². The van der Waals surface area contributed by atoms with Crippen molar-refractivity contribution >= 4 is 40.9 Å². The molecule has 3 nitrogen and oxygen atoms in total. The molecule has 0 aliphatic heterocycles. The lowest BCUT2D eigenvalue weighted by molar-refractivity contribution is 0.124. The fraction of sp³-hybridized carbons (Fsp3) is 0.800. The van der Waals surface area contributed by atoms with E-state index in [1.165, 1.54) is 0 Å². The van der Waals surface area contributed by atoms with Crippen molar-refractivity contribution < 1.29 is 9.53 Å². The second kappa shape index (κ2) is 4.91. The summed E-state index contributed by atoms with van der Waals surface area (Å²) in [5.41, 5.74) is 0. The molecule has 0 saturated carbocycles. The molecule has 0 saturated heterocycles. The molecule has 0 unspecified atom stereocenters. The molecule has 0 fully saturated rings. The molecule has 1 radical (unpaired) electrons. The van der Waals surface area contributed by atoms with E-state index in [1.807, 2.05) is 0 Å². The first kappa shape index (κ1) is 11.1. The number of hydrogen-bond acceptors (Lipinski definition) is 2. The minimum Gasteiger partial charge on any atom is -0.410 e. The Hall–Kier alpha value is 0.140. The second-order valence-corrected chi connectivity index (χ2v) is 3.30. The summed E-state index contributed by atoms with van der Waals surface area (Å²) in [6, 6.07) is 0. The van der Waals surface area contributed by atoms with E-state index < -0.39 is 10.6 Å². The van der Waals surface area contributed by atoms with Gasteiger partial charge in [-0.05, 0) is 6.92 Å². The zero-order chi connectivity index (χ0) is 8.91. The monoisotopic (exact) mass is 218 g/mol. The minimum absolute atomic E-state index is 0.193. The van der Waals surface area contributed by atoms with Crippen LogP contribution in [0.1, 0.15) is 6.92 Å². The van der Waals surface area contributed by atoms with Crippen LogP contribution in [0.2, 0.25) is 0 Å². The number of rotatable bonds is 3. The molecular weight excluding hydrogens is 212 g/mol. The largest absolute Gasteiger partial charge is 0.431 e. The van der Waals surface area contributed by atoms with Crippen LogP contribution in [0.25, 0.3) is 0 Å². The van der Waals surface area contributed by atoms with Gasteiger partial charge < -0.3 is 4.74 Å². The number of ether oxygens (including phenoxy) is 1. The standard InChI is InChI=1S/C5H7Cl3NO2/c1-2-9-4(10)11-5(7,8)3-6/h2-3H2,1H3. The van der Waals surface area contributed by atoms with Crippen molar-refractivity contribution in [3.8, 4) is 0 Å². The quantitative estimate of drug-likeness (QED) is 0.682. The van der Waals surface area contributed by atoms with E-state index in [4.69, 9.17) is 34.8 Å².